The number of nitrogens with zero attached hydrogens (tertiary/aromatic N) is 5. The van der Waals surface area contributed by atoms with Crippen LogP contribution in [0.5, 0.6) is 0 Å². The average Bonchev–Trinajstić information content (AvgIpc) is 2.75. The minimum Gasteiger partial charge on any atom is -0.383 e. The summed E-state index contributed by atoms with van der Waals surface area (Å²) in [6.45, 7) is 7.67. The van der Waals surface area contributed by atoms with Crippen LogP contribution in [0.3, 0.4) is 0 Å². The van der Waals surface area contributed by atoms with E-state index in [1.54, 1.807) is 19.3 Å². The third kappa shape index (κ3) is 5.39. The molecule has 3 aromatic rings. The molecule has 0 bridgehead atoms. The van der Waals surface area contributed by atoms with Crippen molar-refractivity contribution in [2.24, 2.45) is 10.2 Å². The van der Waals surface area contributed by atoms with Crippen LogP contribution in [0.25, 0.3) is 11.3 Å². The molecule has 0 aromatic carbocycles. The zero-order valence-electron chi connectivity index (χ0n) is 18.5. The van der Waals surface area contributed by atoms with Crippen molar-refractivity contribution in [1.82, 2.24) is 25.3 Å². The summed E-state index contributed by atoms with van der Waals surface area (Å²) >= 11 is 0. The summed E-state index contributed by atoms with van der Waals surface area (Å²) in [7, 11) is 0. The highest BCUT2D eigenvalue weighted by molar-refractivity contribution is 5.75. The zero-order valence-corrected chi connectivity index (χ0v) is 18.5. The van der Waals surface area contributed by atoms with Crippen molar-refractivity contribution in [2.45, 2.75) is 40.2 Å². The molecule has 32 heavy (non-hydrogen) atoms. The van der Waals surface area contributed by atoms with Gasteiger partial charge in [0.2, 0.25) is 11.7 Å². The molecule has 1 atom stereocenters. The van der Waals surface area contributed by atoms with Crippen molar-refractivity contribution in [3.8, 4) is 11.3 Å². The van der Waals surface area contributed by atoms with Gasteiger partial charge in [0.05, 0.1) is 12.2 Å². The highest BCUT2D eigenvalue weighted by Crippen LogP contribution is 2.28. The SMILES string of the molecule is CC(=O)NCc1cc(-c2nc(N=NCC(C)c3cccnc3)c(=O)[nH]c2C)c(N)nc1C. The molecule has 0 aliphatic carbocycles. The van der Waals surface area contributed by atoms with E-state index in [9.17, 15) is 9.59 Å². The van der Waals surface area contributed by atoms with Crippen LogP contribution < -0.4 is 16.6 Å². The summed E-state index contributed by atoms with van der Waals surface area (Å²) in [5.74, 6) is 0.145. The number of H-pyrrole nitrogens is 1. The predicted octanol–water partition coefficient (Wildman–Crippen LogP) is 2.95. The van der Waals surface area contributed by atoms with E-state index in [2.05, 4.69) is 35.5 Å². The van der Waals surface area contributed by atoms with Gasteiger partial charge in [-0.3, -0.25) is 14.6 Å². The van der Waals surface area contributed by atoms with Gasteiger partial charge in [-0.25, -0.2) is 9.97 Å². The summed E-state index contributed by atoms with van der Waals surface area (Å²) in [6, 6.07) is 5.64. The maximum absolute atomic E-state index is 12.4. The number of pyridine rings is 2. The third-order valence-corrected chi connectivity index (χ3v) is 4.98. The number of nitrogens with one attached hydrogen (secondary N) is 2. The van der Waals surface area contributed by atoms with E-state index in [0.29, 0.717) is 35.7 Å². The van der Waals surface area contributed by atoms with Crippen LogP contribution in [-0.4, -0.2) is 32.4 Å². The molecule has 1 amide bonds. The van der Waals surface area contributed by atoms with Gasteiger partial charge in [0.25, 0.3) is 5.56 Å². The lowest BCUT2D eigenvalue weighted by atomic mass is 10.0. The van der Waals surface area contributed by atoms with Crippen molar-refractivity contribution in [1.29, 1.82) is 0 Å². The van der Waals surface area contributed by atoms with Gasteiger partial charge in [-0.1, -0.05) is 13.0 Å². The lowest BCUT2D eigenvalue weighted by Crippen LogP contribution is -2.20. The van der Waals surface area contributed by atoms with Crippen molar-refractivity contribution < 1.29 is 4.79 Å². The molecule has 3 rings (SSSR count). The van der Waals surface area contributed by atoms with E-state index >= 15 is 0 Å². The molecule has 3 heterocycles. The van der Waals surface area contributed by atoms with Gasteiger partial charge in [-0.05, 0) is 37.1 Å². The Kier molecular flexibility index (Phi) is 7.04. The Bertz CT molecular complexity index is 1200. The number of aromatic nitrogens is 4. The predicted molar refractivity (Wildman–Crippen MR) is 122 cm³/mol. The molecule has 0 saturated carbocycles. The normalized spacial score (nSPS) is 12.1. The van der Waals surface area contributed by atoms with Gasteiger partial charge in [-0.2, -0.15) is 5.11 Å². The molecular weight excluding hydrogens is 408 g/mol. The van der Waals surface area contributed by atoms with Gasteiger partial charge in [-0.15, -0.1) is 5.11 Å². The number of nitrogen functional groups attached to an aromatic ring is 1. The summed E-state index contributed by atoms with van der Waals surface area (Å²) in [5.41, 5.74) is 9.76. The topological polar surface area (TPSA) is 151 Å². The quantitative estimate of drug-likeness (QED) is 0.486. The second-order valence-corrected chi connectivity index (χ2v) is 7.55. The van der Waals surface area contributed by atoms with Crippen LogP contribution in [0.2, 0.25) is 0 Å². The van der Waals surface area contributed by atoms with E-state index in [4.69, 9.17) is 5.73 Å². The molecule has 0 radical (unpaired) electrons. The first kappa shape index (κ1) is 22.7. The summed E-state index contributed by atoms with van der Waals surface area (Å²) in [6.07, 6.45) is 3.49. The highest BCUT2D eigenvalue weighted by Gasteiger charge is 2.16. The van der Waals surface area contributed by atoms with Crippen molar-refractivity contribution in [2.75, 3.05) is 12.3 Å². The van der Waals surface area contributed by atoms with Gasteiger partial charge >= 0.3 is 0 Å². The molecule has 166 valence electrons. The fourth-order valence-electron chi connectivity index (χ4n) is 3.11. The fourth-order valence-corrected chi connectivity index (χ4v) is 3.11. The summed E-state index contributed by atoms with van der Waals surface area (Å²) in [5, 5.41) is 11.0. The molecule has 0 fully saturated rings. The number of hydrogen-bond acceptors (Lipinski definition) is 8. The van der Waals surface area contributed by atoms with Crippen molar-refractivity contribution >= 4 is 17.5 Å². The smallest absolute Gasteiger partial charge is 0.295 e. The Morgan fingerprint density at radius 1 is 1.31 bits per heavy atom. The summed E-state index contributed by atoms with van der Waals surface area (Å²) < 4.78 is 0. The van der Waals surface area contributed by atoms with Crippen LogP contribution in [0.1, 0.15) is 42.3 Å². The van der Waals surface area contributed by atoms with Crippen LogP contribution in [0.4, 0.5) is 11.6 Å². The highest BCUT2D eigenvalue weighted by atomic mass is 16.1. The fraction of sp³-hybridized carbons (Fsp3) is 0.318. The number of rotatable bonds is 7. The number of anilines is 1. The van der Waals surface area contributed by atoms with Crippen LogP contribution in [-0.2, 0) is 11.3 Å². The first-order chi connectivity index (χ1) is 15.3. The van der Waals surface area contributed by atoms with Gasteiger partial charge in [0.1, 0.15) is 5.82 Å². The molecule has 10 heteroatoms. The van der Waals surface area contributed by atoms with Crippen LogP contribution >= 0.6 is 0 Å². The molecule has 0 spiro atoms. The molecule has 0 aliphatic heterocycles. The van der Waals surface area contributed by atoms with Crippen molar-refractivity contribution in [3.63, 3.8) is 0 Å². The number of aryl methyl sites for hydroxylation is 2. The van der Waals surface area contributed by atoms with E-state index in [0.717, 1.165) is 11.1 Å². The van der Waals surface area contributed by atoms with Crippen molar-refractivity contribution in [3.05, 3.63) is 63.5 Å². The maximum atomic E-state index is 12.4. The second-order valence-electron chi connectivity index (χ2n) is 7.55. The van der Waals surface area contributed by atoms with E-state index in [1.165, 1.54) is 6.92 Å². The van der Waals surface area contributed by atoms with E-state index in [1.807, 2.05) is 32.0 Å². The largest absolute Gasteiger partial charge is 0.383 e. The number of hydrogen-bond donors (Lipinski definition) is 3. The number of azo groups is 1. The number of aromatic amines is 1. The lowest BCUT2D eigenvalue weighted by Gasteiger charge is -2.13. The molecule has 0 saturated heterocycles. The minimum absolute atomic E-state index is 0.0626. The number of nitrogens with two attached hydrogens (primary N) is 1. The Balaban J connectivity index is 1.91. The molecule has 1 unspecified atom stereocenters. The molecule has 0 aliphatic rings. The standard InChI is InChI=1S/C22H26N8O2/c1-12(16-6-5-7-24-10-16)9-26-30-21-22(32)28-14(3)19(29-21)18-8-17(11-25-15(4)31)13(2)27-20(18)23/h5-8,10,12H,9,11H2,1-4H3,(H2,23,27)(H,25,31)(H,28,32). The minimum atomic E-state index is -0.443. The molecule has 10 nitrogen and oxygen atoms in total. The van der Waals surface area contributed by atoms with E-state index in [-0.39, 0.29) is 23.5 Å². The number of amides is 1. The first-order valence-corrected chi connectivity index (χ1v) is 10.2. The van der Waals surface area contributed by atoms with Gasteiger partial charge in [0.15, 0.2) is 0 Å². The monoisotopic (exact) mass is 434 g/mol. The Labute approximate surface area is 185 Å². The average molecular weight is 435 g/mol. The first-order valence-electron chi connectivity index (χ1n) is 10.2. The third-order valence-electron chi connectivity index (χ3n) is 4.98. The van der Waals surface area contributed by atoms with Gasteiger partial charge < -0.3 is 16.0 Å². The van der Waals surface area contributed by atoms with Gasteiger partial charge in [0, 0.05) is 48.7 Å². The Morgan fingerprint density at radius 3 is 2.78 bits per heavy atom. The lowest BCUT2D eigenvalue weighted by molar-refractivity contribution is -0.119. The molecule has 4 N–H and O–H groups in total. The van der Waals surface area contributed by atoms with Crippen LogP contribution in [0.15, 0.2) is 45.6 Å². The maximum Gasteiger partial charge on any atom is 0.295 e. The summed E-state index contributed by atoms with van der Waals surface area (Å²) in [4.78, 5) is 39.3. The van der Waals surface area contributed by atoms with E-state index < -0.39 is 5.56 Å². The van der Waals surface area contributed by atoms with Crippen LogP contribution in [0, 0.1) is 13.8 Å². The second kappa shape index (κ2) is 9.90. The number of carbonyl (C=O) groups excluding carboxylic acids is 1. The molecule has 3 aromatic heterocycles. The zero-order chi connectivity index (χ0) is 23.3. The Morgan fingerprint density at radius 2 is 2.09 bits per heavy atom. The molecular formula is C22H26N8O2. The Hall–Kier alpha value is -3.95. The number of carbonyl (C=O) groups is 1.